The molecule has 3 atom stereocenters. The minimum atomic E-state index is -0.294. The smallest absolute Gasteiger partial charge is 0.260 e. The maximum absolute atomic E-state index is 13.3. The van der Waals surface area contributed by atoms with Crippen molar-refractivity contribution in [2.75, 3.05) is 19.6 Å². The number of para-hydroxylation sites is 2. The molecule has 0 spiro atoms. The fourth-order valence-electron chi connectivity index (χ4n) is 8.31. The molecule has 42 heavy (non-hydrogen) atoms. The van der Waals surface area contributed by atoms with Gasteiger partial charge in [0.2, 0.25) is 0 Å². The number of carbonyl (C=O) groups is 1. The van der Waals surface area contributed by atoms with Crippen molar-refractivity contribution in [2.24, 2.45) is 0 Å². The number of H-pyrrole nitrogens is 1. The lowest BCUT2D eigenvalue weighted by molar-refractivity contribution is 0.0605. The Hall–Kier alpha value is -3.71. The molecule has 0 aliphatic carbocycles. The van der Waals surface area contributed by atoms with Crippen molar-refractivity contribution in [1.82, 2.24) is 24.3 Å². The first kappa shape index (κ1) is 27.1. The van der Waals surface area contributed by atoms with E-state index in [1.165, 1.54) is 36.8 Å². The molecule has 1 N–H and O–H groups in total. The van der Waals surface area contributed by atoms with Crippen LogP contribution < -0.4 is 5.56 Å². The summed E-state index contributed by atoms with van der Waals surface area (Å²) >= 11 is 0. The number of nitrogens with one attached hydrogen (secondary N) is 1. The molecule has 3 fully saturated rings. The summed E-state index contributed by atoms with van der Waals surface area (Å²) < 4.78 is 2.51. The molecule has 3 aliphatic heterocycles. The predicted molar refractivity (Wildman–Crippen MR) is 166 cm³/mol. The van der Waals surface area contributed by atoms with E-state index in [1.54, 1.807) is 12.1 Å². The second kappa shape index (κ2) is 10.8. The van der Waals surface area contributed by atoms with Crippen molar-refractivity contribution in [3.8, 4) is 0 Å². The molecular formula is C35H41N5O2. The number of nitrogens with zero attached hydrogens (tertiary/aromatic N) is 4. The Morgan fingerprint density at radius 1 is 0.905 bits per heavy atom. The normalized spacial score (nSPS) is 23.9. The van der Waals surface area contributed by atoms with E-state index in [1.807, 2.05) is 11.8 Å². The number of hydrogen-bond acceptors (Lipinski definition) is 4. The van der Waals surface area contributed by atoms with Crippen molar-refractivity contribution in [3.05, 3.63) is 99.7 Å². The lowest BCUT2D eigenvalue weighted by Gasteiger charge is -2.45. The van der Waals surface area contributed by atoms with Gasteiger partial charge in [-0.25, -0.2) is 4.98 Å². The van der Waals surface area contributed by atoms with Crippen LogP contribution in [0.1, 0.15) is 78.4 Å². The lowest BCUT2D eigenvalue weighted by atomic mass is 9.70. The highest BCUT2D eigenvalue weighted by Crippen LogP contribution is 2.45. The predicted octanol–water partition coefficient (Wildman–Crippen LogP) is 5.77. The third kappa shape index (κ3) is 4.77. The number of hydrogen-bond donors (Lipinski definition) is 1. The third-order valence-corrected chi connectivity index (χ3v) is 10.5. The first-order chi connectivity index (χ1) is 20.4. The minimum absolute atomic E-state index is 0.0329. The van der Waals surface area contributed by atoms with E-state index >= 15 is 0 Å². The van der Waals surface area contributed by atoms with Crippen LogP contribution >= 0.6 is 0 Å². The van der Waals surface area contributed by atoms with Crippen LogP contribution in [-0.2, 0) is 5.41 Å². The lowest BCUT2D eigenvalue weighted by Crippen LogP contribution is -2.49. The van der Waals surface area contributed by atoms with Gasteiger partial charge in [0.25, 0.3) is 11.5 Å². The van der Waals surface area contributed by atoms with Crippen molar-refractivity contribution in [2.45, 2.75) is 82.3 Å². The second-order valence-electron chi connectivity index (χ2n) is 12.8. The molecule has 0 unspecified atom stereocenters. The van der Waals surface area contributed by atoms with E-state index in [2.05, 4.69) is 76.0 Å². The SMILES string of the molecule is Cc1ccc(C(=O)N2CCC(CCN3[C@@H]4CC[C@H]3C[C@@H](n3c(C)nc5ccccc53)C4)(c3ccccc3)CC2)c(=O)[nH]1. The van der Waals surface area contributed by atoms with Crippen LogP contribution in [0, 0.1) is 13.8 Å². The van der Waals surface area contributed by atoms with Gasteiger partial charge in [0.1, 0.15) is 11.4 Å². The summed E-state index contributed by atoms with van der Waals surface area (Å²) in [6.07, 6.45) is 7.84. The number of fused-ring (bicyclic) bond motifs is 3. The van der Waals surface area contributed by atoms with Gasteiger partial charge in [-0.3, -0.25) is 14.5 Å². The molecule has 2 aromatic heterocycles. The second-order valence-corrected chi connectivity index (χ2v) is 12.8. The zero-order valence-corrected chi connectivity index (χ0v) is 24.8. The molecule has 0 radical (unpaired) electrons. The van der Waals surface area contributed by atoms with Gasteiger partial charge in [-0.05, 0) is 101 Å². The van der Waals surface area contributed by atoms with Gasteiger partial charge in [-0.15, -0.1) is 0 Å². The molecule has 0 saturated carbocycles. The minimum Gasteiger partial charge on any atom is -0.338 e. The van der Waals surface area contributed by atoms with E-state index < -0.39 is 0 Å². The standard InChI is InChI=1S/C35H41N5O2/c1-24-12-15-30(33(41)36-24)34(42)38-19-16-35(17-20-38,26-8-4-3-5-9-26)18-21-39-27-13-14-28(39)23-29(22-27)40-25(2)37-31-10-6-7-11-32(31)40/h3-12,15,27-29H,13-14,16-23H2,1-2H3,(H,36,41)/t27-,28+,29+. The van der Waals surface area contributed by atoms with Crippen molar-refractivity contribution in [1.29, 1.82) is 0 Å². The summed E-state index contributed by atoms with van der Waals surface area (Å²) in [7, 11) is 0. The molecular weight excluding hydrogens is 522 g/mol. The summed E-state index contributed by atoms with van der Waals surface area (Å²) in [6.45, 7) is 6.42. The van der Waals surface area contributed by atoms with Gasteiger partial charge in [-0.2, -0.15) is 0 Å². The molecule has 3 aliphatic rings. The molecule has 5 heterocycles. The molecule has 7 rings (SSSR count). The van der Waals surface area contributed by atoms with Crippen LogP contribution in [0.15, 0.2) is 71.5 Å². The van der Waals surface area contributed by atoms with Crippen molar-refractivity contribution < 1.29 is 4.79 Å². The maximum atomic E-state index is 13.3. The van der Waals surface area contributed by atoms with E-state index in [0.717, 1.165) is 42.8 Å². The number of piperidine rings is 2. The fourth-order valence-corrected chi connectivity index (χ4v) is 8.31. The first-order valence-electron chi connectivity index (χ1n) is 15.7. The molecule has 2 aromatic carbocycles. The van der Waals surface area contributed by atoms with Crippen LogP contribution in [-0.4, -0.2) is 62.0 Å². The summed E-state index contributed by atoms with van der Waals surface area (Å²) in [5.41, 5.74) is 4.50. The van der Waals surface area contributed by atoms with Gasteiger partial charge < -0.3 is 14.5 Å². The number of pyridine rings is 1. The summed E-state index contributed by atoms with van der Waals surface area (Å²) in [6, 6.07) is 24.7. The van der Waals surface area contributed by atoms with Gasteiger partial charge in [0, 0.05) is 36.9 Å². The van der Waals surface area contributed by atoms with Crippen LogP contribution in [0.5, 0.6) is 0 Å². The average Bonchev–Trinajstić information content (AvgIpc) is 3.46. The Balaban J connectivity index is 1.07. The number of benzene rings is 2. The highest BCUT2D eigenvalue weighted by molar-refractivity contribution is 5.94. The third-order valence-electron chi connectivity index (χ3n) is 10.5. The Bertz CT molecular complexity index is 1630. The topological polar surface area (TPSA) is 74.2 Å². The highest BCUT2D eigenvalue weighted by atomic mass is 16.2. The first-order valence-corrected chi connectivity index (χ1v) is 15.7. The van der Waals surface area contributed by atoms with Crippen LogP contribution in [0.25, 0.3) is 11.0 Å². The number of aromatic amines is 1. The molecule has 2 bridgehead atoms. The van der Waals surface area contributed by atoms with Gasteiger partial charge in [-0.1, -0.05) is 42.5 Å². The monoisotopic (exact) mass is 563 g/mol. The zero-order chi connectivity index (χ0) is 28.8. The number of rotatable bonds is 6. The number of aromatic nitrogens is 3. The number of likely N-dealkylation sites (tertiary alicyclic amines) is 1. The average molecular weight is 564 g/mol. The molecule has 7 heteroatoms. The van der Waals surface area contributed by atoms with E-state index in [4.69, 9.17) is 4.98 Å². The summed E-state index contributed by atoms with van der Waals surface area (Å²) in [5, 5.41) is 0. The van der Waals surface area contributed by atoms with Gasteiger partial charge in [0.05, 0.1) is 11.0 Å². The fraction of sp³-hybridized carbons (Fsp3) is 0.457. The summed E-state index contributed by atoms with van der Waals surface area (Å²) in [5.74, 6) is 0.978. The Morgan fingerprint density at radius 2 is 1.60 bits per heavy atom. The van der Waals surface area contributed by atoms with Crippen LogP contribution in [0.4, 0.5) is 0 Å². The Kier molecular flexibility index (Phi) is 7.01. The molecule has 3 saturated heterocycles. The quantitative estimate of drug-likeness (QED) is 0.323. The zero-order valence-electron chi connectivity index (χ0n) is 24.8. The largest absolute Gasteiger partial charge is 0.338 e. The van der Waals surface area contributed by atoms with Crippen LogP contribution in [0.2, 0.25) is 0 Å². The highest BCUT2D eigenvalue weighted by Gasteiger charge is 2.44. The van der Waals surface area contributed by atoms with Gasteiger partial charge >= 0.3 is 0 Å². The molecule has 4 aromatic rings. The van der Waals surface area contributed by atoms with E-state index in [0.29, 0.717) is 31.2 Å². The van der Waals surface area contributed by atoms with Crippen molar-refractivity contribution in [3.63, 3.8) is 0 Å². The number of amides is 1. The van der Waals surface area contributed by atoms with E-state index in [9.17, 15) is 9.59 Å². The number of carbonyl (C=O) groups excluding carboxylic acids is 1. The van der Waals surface area contributed by atoms with Crippen LogP contribution in [0.3, 0.4) is 0 Å². The Labute approximate surface area is 247 Å². The maximum Gasteiger partial charge on any atom is 0.260 e. The van der Waals surface area contributed by atoms with E-state index in [-0.39, 0.29) is 22.4 Å². The molecule has 218 valence electrons. The van der Waals surface area contributed by atoms with Crippen molar-refractivity contribution >= 4 is 16.9 Å². The summed E-state index contributed by atoms with van der Waals surface area (Å²) in [4.78, 5) is 38.1. The molecule has 1 amide bonds. The molecule has 7 nitrogen and oxygen atoms in total. The number of aryl methyl sites for hydroxylation is 2. The number of imidazole rings is 1. The Morgan fingerprint density at radius 3 is 2.31 bits per heavy atom. The van der Waals surface area contributed by atoms with Gasteiger partial charge in [0.15, 0.2) is 0 Å².